The molecule has 0 fully saturated rings. The summed E-state index contributed by atoms with van der Waals surface area (Å²) < 4.78 is 10.7. The Hall–Kier alpha value is -0.930. The summed E-state index contributed by atoms with van der Waals surface area (Å²) in [7, 11) is 2.02. The summed E-state index contributed by atoms with van der Waals surface area (Å²) in [5, 5.41) is 3.35. The lowest BCUT2D eigenvalue weighted by Gasteiger charge is -2.15. The van der Waals surface area contributed by atoms with Crippen LogP contribution >= 0.6 is 12.4 Å². The summed E-state index contributed by atoms with van der Waals surface area (Å²) in [6.07, 6.45) is 3.45. The highest BCUT2D eigenvalue weighted by atomic mass is 35.5. The third kappa shape index (κ3) is 3.51. The summed E-state index contributed by atoms with van der Waals surface area (Å²) >= 11 is 0. The van der Waals surface area contributed by atoms with E-state index in [-0.39, 0.29) is 12.4 Å². The zero-order chi connectivity index (χ0) is 11.4. The number of likely N-dealkylation sites (N-methyl/N-ethyl adjacent to an activating group) is 1. The Balaban J connectivity index is 0.00000144. The molecule has 0 spiro atoms. The van der Waals surface area contributed by atoms with E-state index in [1.165, 1.54) is 18.4 Å². The van der Waals surface area contributed by atoms with Crippen molar-refractivity contribution in [3.05, 3.63) is 23.8 Å². The summed E-state index contributed by atoms with van der Waals surface area (Å²) in [5.74, 6) is 1.74. The maximum Gasteiger partial charge on any atom is 0.231 e. The molecule has 0 aromatic heterocycles. The first-order chi connectivity index (χ1) is 7.83. The molecule has 1 aliphatic heterocycles. The highest BCUT2D eigenvalue weighted by Crippen LogP contribution is 2.32. The van der Waals surface area contributed by atoms with E-state index in [9.17, 15) is 0 Å². The average molecular weight is 258 g/mol. The maximum atomic E-state index is 5.37. The van der Waals surface area contributed by atoms with Crippen LogP contribution in [0.3, 0.4) is 0 Å². The minimum Gasteiger partial charge on any atom is -0.454 e. The number of benzene rings is 1. The molecule has 0 saturated heterocycles. The van der Waals surface area contributed by atoms with Gasteiger partial charge in [-0.1, -0.05) is 19.4 Å². The van der Waals surface area contributed by atoms with Gasteiger partial charge in [0.15, 0.2) is 11.5 Å². The molecule has 3 nitrogen and oxygen atoms in total. The Morgan fingerprint density at radius 2 is 2.06 bits per heavy atom. The third-order valence-electron chi connectivity index (χ3n) is 2.96. The van der Waals surface area contributed by atoms with Gasteiger partial charge in [-0.05, 0) is 37.6 Å². The molecule has 1 atom stereocenters. The highest BCUT2D eigenvalue weighted by molar-refractivity contribution is 5.85. The fraction of sp³-hybridized carbons (Fsp3) is 0.538. The molecule has 0 radical (unpaired) electrons. The van der Waals surface area contributed by atoms with E-state index < -0.39 is 0 Å². The van der Waals surface area contributed by atoms with Crippen molar-refractivity contribution in [1.29, 1.82) is 0 Å². The Kier molecular flexibility index (Phi) is 5.59. The van der Waals surface area contributed by atoms with Crippen molar-refractivity contribution in [3.63, 3.8) is 0 Å². The van der Waals surface area contributed by atoms with Gasteiger partial charge in [-0.15, -0.1) is 12.4 Å². The molecule has 1 unspecified atom stereocenters. The molecule has 2 rings (SSSR count). The Bertz CT molecular complexity index is 357. The number of fused-ring (bicyclic) bond motifs is 1. The lowest BCUT2D eigenvalue weighted by atomic mass is 10.0. The lowest BCUT2D eigenvalue weighted by Crippen LogP contribution is -2.27. The average Bonchev–Trinajstić information content (AvgIpc) is 2.75. The van der Waals surface area contributed by atoms with Gasteiger partial charge in [0.2, 0.25) is 6.79 Å². The van der Waals surface area contributed by atoms with Crippen LogP contribution < -0.4 is 14.8 Å². The van der Waals surface area contributed by atoms with E-state index in [4.69, 9.17) is 9.47 Å². The number of hydrogen-bond acceptors (Lipinski definition) is 3. The second-order valence-corrected chi connectivity index (χ2v) is 4.17. The van der Waals surface area contributed by atoms with Gasteiger partial charge in [0.25, 0.3) is 0 Å². The SMILES string of the molecule is CCCC(Cc1ccc2c(c1)OCO2)NC.Cl. The van der Waals surface area contributed by atoms with Crippen LogP contribution in [0.1, 0.15) is 25.3 Å². The second kappa shape index (κ2) is 6.72. The van der Waals surface area contributed by atoms with E-state index in [1.807, 2.05) is 13.1 Å². The summed E-state index contributed by atoms with van der Waals surface area (Å²) in [4.78, 5) is 0. The quantitative estimate of drug-likeness (QED) is 0.880. The molecule has 96 valence electrons. The molecule has 1 aliphatic rings. The molecule has 17 heavy (non-hydrogen) atoms. The van der Waals surface area contributed by atoms with Crippen molar-refractivity contribution in [1.82, 2.24) is 5.32 Å². The van der Waals surface area contributed by atoms with Crippen molar-refractivity contribution in [2.45, 2.75) is 32.2 Å². The van der Waals surface area contributed by atoms with E-state index in [0.29, 0.717) is 12.8 Å². The fourth-order valence-corrected chi connectivity index (χ4v) is 2.05. The van der Waals surface area contributed by atoms with Crippen molar-refractivity contribution in [3.8, 4) is 11.5 Å². The minimum atomic E-state index is 0. The largest absolute Gasteiger partial charge is 0.454 e. The Labute approximate surface area is 109 Å². The minimum absolute atomic E-state index is 0. The van der Waals surface area contributed by atoms with Crippen LogP contribution in [0, 0.1) is 0 Å². The molecule has 4 heteroatoms. The first kappa shape index (κ1) is 14.1. The molecule has 0 saturated carbocycles. The predicted octanol–water partition coefficient (Wildman–Crippen LogP) is 2.77. The molecular formula is C13H20ClNO2. The number of rotatable bonds is 5. The van der Waals surface area contributed by atoms with Crippen molar-refractivity contribution < 1.29 is 9.47 Å². The first-order valence-corrected chi connectivity index (χ1v) is 5.89. The van der Waals surface area contributed by atoms with Gasteiger partial charge in [-0.25, -0.2) is 0 Å². The predicted molar refractivity (Wildman–Crippen MR) is 71.3 cm³/mol. The maximum absolute atomic E-state index is 5.37. The Morgan fingerprint density at radius 1 is 1.29 bits per heavy atom. The summed E-state index contributed by atoms with van der Waals surface area (Å²) in [6, 6.07) is 6.75. The van der Waals surface area contributed by atoms with Crippen LogP contribution in [0.5, 0.6) is 11.5 Å². The van der Waals surface area contributed by atoms with Crippen molar-refractivity contribution in [2.75, 3.05) is 13.8 Å². The number of hydrogen-bond donors (Lipinski definition) is 1. The van der Waals surface area contributed by atoms with Gasteiger partial charge in [-0.3, -0.25) is 0 Å². The zero-order valence-electron chi connectivity index (χ0n) is 10.4. The summed E-state index contributed by atoms with van der Waals surface area (Å²) in [6.45, 7) is 2.56. The van der Waals surface area contributed by atoms with Gasteiger partial charge in [0.05, 0.1) is 0 Å². The zero-order valence-corrected chi connectivity index (χ0v) is 11.2. The lowest BCUT2D eigenvalue weighted by molar-refractivity contribution is 0.174. The molecule has 0 bridgehead atoms. The van der Waals surface area contributed by atoms with Crippen LogP contribution in [0.25, 0.3) is 0 Å². The molecule has 1 N–H and O–H groups in total. The smallest absolute Gasteiger partial charge is 0.231 e. The highest BCUT2D eigenvalue weighted by Gasteiger charge is 2.14. The van der Waals surface area contributed by atoms with Gasteiger partial charge in [0, 0.05) is 6.04 Å². The van der Waals surface area contributed by atoms with Crippen LogP contribution in [0.4, 0.5) is 0 Å². The second-order valence-electron chi connectivity index (χ2n) is 4.17. The number of nitrogens with one attached hydrogen (secondary N) is 1. The molecular weight excluding hydrogens is 238 g/mol. The van der Waals surface area contributed by atoms with Gasteiger partial charge < -0.3 is 14.8 Å². The summed E-state index contributed by atoms with van der Waals surface area (Å²) in [5.41, 5.74) is 1.30. The number of ether oxygens (including phenoxy) is 2. The first-order valence-electron chi connectivity index (χ1n) is 5.89. The van der Waals surface area contributed by atoms with E-state index in [1.54, 1.807) is 0 Å². The van der Waals surface area contributed by atoms with Crippen LogP contribution in [0.2, 0.25) is 0 Å². The molecule has 1 aromatic rings. The van der Waals surface area contributed by atoms with E-state index >= 15 is 0 Å². The van der Waals surface area contributed by atoms with Crippen molar-refractivity contribution in [2.24, 2.45) is 0 Å². The fourth-order valence-electron chi connectivity index (χ4n) is 2.05. The van der Waals surface area contributed by atoms with Crippen molar-refractivity contribution >= 4 is 12.4 Å². The molecule has 0 amide bonds. The van der Waals surface area contributed by atoms with Gasteiger partial charge in [-0.2, -0.15) is 0 Å². The monoisotopic (exact) mass is 257 g/mol. The molecule has 0 aliphatic carbocycles. The van der Waals surface area contributed by atoms with Crippen LogP contribution in [-0.2, 0) is 6.42 Å². The van der Waals surface area contributed by atoms with Gasteiger partial charge >= 0.3 is 0 Å². The standard InChI is InChI=1S/C13H19NO2.ClH/c1-3-4-11(14-2)7-10-5-6-12-13(8-10)16-9-15-12;/h5-6,8,11,14H,3-4,7,9H2,1-2H3;1H. The normalized spacial score (nSPS) is 14.2. The third-order valence-corrected chi connectivity index (χ3v) is 2.96. The molecule has 1 aromatic carbocycles. The Morgan fingerprint density at radius 3 is 2.76 bits per heavy atom. The van der Waals surface area contributed by atoms with Crippen LogP contribution in [-0.4, -0.2) is 19.9 Å². The van der Waals surface area contributed by atoms with Crippen LogP contribution in [0.15, 0.2) is 18.2 Å². The van der Waals surface area contributed by atoms with E-state index in [2.05, 4.69) is 24.4 Å². The molecule has 1 heterocycles. The number of halogens is 1. The van der Waals surface area contributed by atoms with Gasteiger partial charge in [0.1, 0.15) is 0 Å². The topological polar surface area (TPSA) is 30.5 Å². The van der Waals surface area contributed by atoms with E-state index in [0.717, 1.165) is 17.9 Å².